The summed E-state index contributed by atoms with van der Waals surface area (Å²) in [4.78, 5) is 19.6. The zero-order valence-electron chi connectivity index (χ0n) is 13.4. The van der Waals surface area contributed by atoms with Crippen LogP contribution in [0, 0.1) is 5.92 Å². The molecule has 0 aliphatic carbocycles. The molecule has 0 saturated carbocycles. The Labute approximate surface area is 140 Å². The van der Waals surface area contributed by atoms with Crippen molar-refractivity contribution < 1.29 is 4.79 Å². The standard InChI is InChI=1S/C16H23N5OS/c1-2-14(15-4-3-9-23-15)19-16(22)20-7-5-13(6-8-20)10-21-12-17-11-18-21/h3-4,9,11-14H,2,5-8,10H2,1H3,(H,19,22). The summed E-state index contributed by atoms with van der Waals surface area (Å²) in [5.74, 6) is 0.569. The van der Waals surface area contributed by atoms with E-state index in [0.29, 0.717) is 5.92 Å². The quantitative estimate of drug-likeness (QED) is 0.915. The van der Waals surface area contributed by atoms with Crippen molar-refractivity contribution in [3.05, 3.63) is 35.0 Å². The highest BCUT2D eigenvalue weighted by Gasteiger charge is 2.25. The van der Waals surface area contributed by atoms with Crippen molar-refractivity contribution in [2.45, 2.75) is 38.8 Å². The lowest BCUT2D eigenvalue weighted by Crippen LogP contribution is -2.45. The molecule has 3 heterocycles. The first-order chi connectivity index (χ1) is 11.3. The molecular weight excluding hydrogens is 310 g/mol. The van der Waals surface area contributed by atoms with Gasteiger partial charge in [-0.2, -0.15) is 5.10 Å². The lowest BCUT2D eigenvalue weighted by atomic mass is 9.97. The van der Waals surface area contributed by atoms with Crippen molar-refractivity contribution in [2.24, 2.45) is 5.92 Å². The summed E-state index contributed by atoms with van der Waals surface area (Å²) in [6.45, 7) is 4.62. The molecule has 2 aromatic rings. The highest BCUT2D eigenvalue weighted by Crippen LogP contribution is 2.23. The molecule has 23 heavy (non-hydrogen) atoms. The summed E-state index contributed by atoms with van der Waals surface area (Å²) >= 11 is 1.70. The molecule has 6 nitrogen and oxygen atoms in total. The summed E-state index contributed by atoms with van der Waals surface area (Å²) < 4.78 is 1.88. The van der Waals surface area contributed by atoms with E-state index in [1.807, 2.05) is 15.6 Å². The number of aromatic nitrogens is 3. The minimum absolute atomic E-state index is 0.0597. The number of rotatable bonds is 5. The molecule has 1 saturated heterocycles. The van der Waals surface area contributed by atoms with Crippen LogP contribution in [0.2, 0.25) is 0 Å². The van der Waals surface area contributed by atoms with E-state index in [0.717, 1.165) is 38.9 Å². The monoisotopic (exact) mass is 333 g/mol. The van der Waals surface area contributed by atoms with Crippen molar-refractivity contribution in [1.29, 1.82) is 0 Å². The summed E-state index contributed by atoms with van der Waals surface area (Å²) in [6, 6.07) is 4.30. The predicted molar refractivity (Wildman–Crippen MR) is 90.2 cm³/mol. The maximum atomic E-state index is 12.5. The van der Waals surface area contributed by atoms with Gasteiger partial charge >= 0.3 is 6.03 Å². The third kappa shape index (κ3) is 4.10. The summed E-state index contributed by atoms with van der Waals surface area (Å²) in [5.41, 5.74) is 0. The van der Waals surface area contributed by atoms with Crippen LogP contribution in [0.4, 0.5) is 4.79 Å². The van der Waals surface area contributed by atoms with Crippen LogP contribution in [-0.2, 0) is 6.54 Å². The number of hydrogen-bond acceptors (Lipinski definition) is 4. The van der Waals surface area contributed by atoms with Gasteiger partial charge in [0.15, 0.2) is 0 Å². The fraction of sp³-hybridized carbons (Fsp3) is 0.562. The molecule has 1 N–H and O–H groups in total. The number of urea groups is 1. The van der Waals surface area contributed by atoms with Crippen LogP contribution in [-0.4, -0.2) is 38.8 Å². The Kier molecular flexibility index (Phi) is 5.27. The number of carbonyl (C=O) groups excluding carboxylic acids is 1. The smallest absolute Gasteiger partial charge is 0.317 e. The van der Waals surface area contributed by atoms with Gasteiger partial charge in [0.2, 0.25) is 0 Å². The molecule has 1 unspecified atom stereocenters. The first-order valence-corrected chi connectivity index (χ1v) is 9.05. The van der Waals surface area contributed by atoms with Gasteiger partial charge < -0.3 is 10.2 Å². The Morgan fingerprint density at radius 3 is 2.91 bits per heavy atom. The van der Waals surface area contributed by atoms with Crippen LogP contribution in [0.25, 0.3) is 0 Å². The largest absolute Gasteiger partial charge is 0.330 e. The zero-order chi connectivity index (χ0) is 16.1. The van der Waals surface area contributed by atoms with E-state index in [9.17, 15) is 4.79 Å². The van der Waals surface area contributed by atoms with Crippen LogP contribution < -0.4 is 5.32 Å². The van der Waals surface area contributed by atoms with Gasteiger partial charge in [-0.1, -0.05) is 13.0 Å². The molecule has 0 radical (unpaired) electrons. The molecule has 2 aromatic heterocycles. The van der Waals surface area contributed by atoms with Crippen molar-refractivity contribution >= 4 is 17.4 Å². The molecule has 3 rings (SSSR count). The molecule has 1 fully saturated rings. The van der Waals surface area contributed by atoms with Crippen LogP contribution in [0.3, 0.4) is 0 Å². The molecule has 0 bridgehead atoms. The molecule has 1 aliphatic heterocycles. The van der Waals surface area contributed by atoms with E-state index in [1.54, 1.807) is 24.0 Å². The molecular formula is C16H23N5OS. The van der Waals surface area contributed by atoms with Crippen molar-refractivity contribution in [3.8, 4) is 0 Å². The number of amides is 2. The van der Waals surface area contributed by atoms with Gasteiger partial charge in [-0.15, -0.1) is 11.3 Å². The van der Waals surface area contributed by atoms with E-state index < -0.39 is 0 Å². The fourth-order valence-corrected chi connectivity index (χ4v) is 3.88. The summed E-state index contributed by atoms with van der Waals surface area (Å²) in [6.07, 6.45) is 6.27. The van der Waals surface area contributed by atoms with Crippen LogP contribution in [0.15, 0.2) is 30.2 Å². The van der Waals surface area contributed by atoms with E-state index >= 15 is 0 Å². The van der Waals surface area contributed by atoms with Gasteiger partial charge in [0, 0.05) is 24.5 Å². The average molecular weight is 333 g/mol. The molecule has 0 spiro atoms. The SMILES string of the molecule is CCC(NC(=O)N1CCC(Cn2cncn2)CC1)c1cccs1. The van der Waals surface area contributed by atoms with Gasteiger partial charge in [0.1, 0.15) is 12.7 Å². The lowest BCUT2D eigenvalue weighted by Gasteiger charge is -2.33. The molecule has 124 valence electrons. The minimum Gasteiger partial charge on any atom is -0.330 e. The highest BCUT2D eigenvalue weighted by atomic mass is 32.1. The van der Waals surface area contributed by atoms with E-state index in [-0.39, 0.29) is 12.1 Å². The van der Waals surface area contributed by atoms with Crippen molar-refractivity contribution in [1.82, 2.24) is 25.0 Å². The van der Waals surface area contributed by atoms with Gasteiger partial charge in [-0.3, -0.25) is 4.68 Å². The molecule has 1 aliphatic rings. The minimum atomic E-state index is 0.0597. The normalized spacial score (nSPS) is 17.2. The average Bonchev–Trinajstić information content (AvgIpc) is 3.26. The zero-order valence-corrected chi connectivity index (χ0v) is 14.2. The topological polar surface area (TPSA) is 63.1 Å². The molecule has 0 aromatic carbocycles. The van der Waals surface area contributed by atoms with Crippen LogP contribution in [0.5, 0.6) is 0 Å². The van der Waals surface area contributed by atoms with Crippen LogP contribution in [0.1, 0.15) is 37.1 Å². The second-order valence-corrected chi connectivity index (χ2v) is 6.95. The number of nitrogens with one attached hydrogen (secondary N) is 1. The summed E-state index contributed by atoms with van der Waals surface area (Å²) in [7, 11) is 0. The lowest BCUT2D eigenvalue weighted by molar-refractivity contribution is 0.161. The second-order valence-electron chi connectivity index (χ2n) is 5.97. The Balaban J connectivity index is 1.48. The number of carbonyl (C=O) groups is 1. The first kappa shape index (κ1) is 16.0. The molecule has 1 atom stereocenters. The Morgan fingerprint density at radius 1 is 1.48 bits per heavy atom. The molecule has 7 heteroatoms. The van der Waals surface area contributed by atoms with Crippen molar-refractivity contribution in [2.75, 3.05) is 13.1 Å². The Morgan fingerprint density at radius 2 is 2.30 bits per heavy atom. The second kappa shape index (κ2) is 7.59. The van der Waals surface area contributed by atoms with Crippen molar-refractivity contribution in [3.63, 3.8) is 0 Å². The van der Waals surface area contributed by atoms with Gasteiger partial charge in [-0.25, -0.2) is 9.78 Å². The van der Waals surface area contributed by atoms with E-state index in [1.165, 1.54) is 4.88 Å². The maximum absolute atomic E-state index is 12.5. The predicted octanol–water partition coefficient (Wildman–Crippen LogP) is 2.91. The highest BCUT2D eigenvalue weighted by molar-refractivity contribution is 7.10. The van der Waals surface area contributed by atoms with Gasteiger partial charge in [0.25, 0.3) is 0 Å². The summed E-state index contributed by atoms with van der Waals surface area (Å²) in [5, 5.41) is 9.38. The van der Waals surface area contributed by atoms with Crippen LogP contribution >= 0.6 is 11.3 Å². The Bertz CT molecular complexity index is 590. The number of likely N-dealkylation sites (tertiary alicyclic amines) is 1. The van der Waals surface area contributed by atoms with E-state index in [2.05, 4.69) is 33.8 Å². The number of nitrogens with zero attached hydrogens (tertiary/aromatic N) is 4. The maximum Gasteiger partial charge on any atom is 0.317 e. The van der Waals surface area contributed by atoms with Gasteiger partial charge in [0.05, 0.1) is 6.04 Å². The molecule has 2 amide bonds. The first-order valence-electron chi connectivity index (χ1n) is 8.17. The fourth-order valence-electron chi connectivity index (χ4n) is 3.01. The number of hydrogen-bond donors (Lipinski definition) is 1. The third-order valence-electron chi connectivity index (χ3n) is 4.41. The Hall–Kier alpha value is -1.89. The van der Waals surface area contributed by atoms with Gasteiger partial charge in [-0.05, 0) is 36.6 Å². The van der Waals surface area contributed by atoms with E-state index in [4.69, 9.17) is 0 Å². The number of thiophene rings is 1. The number of piperidine rings is 1. The third-order valence-corrected chi connectivity index (χ3v) is 5.39.